The van der Waals surface area contributed by atoms with E-state index in [4.69, 9.17) is 16.7 Å². The van der Waals surface area contributed by atoms with Gasteiger partial charge in [-0.15, -0.1) is 0 Å². The maximum absolute atomic E-state index is 12.4. The quantitative estimate of drug-likeness (QED) is 0.811. The standard InChI is InChI=1S/C15H19ClN2O3/c1-2-11(9-19)17-14(20)13-6-7-18(15(13)21)12-5-3-4-10(16)8-12/h3-5,8,11,13,19H,2,6-7,9H2,1H3,(H,17,20). The van der Waals surface area contributed by atoms with Crippen LogP contribution in [0.25, 0.3) is 0 Å². The molecule has 2 atom stereocenters. The number of nitrogens with zero attached hydrogens (tertiary/aromatic N) is 1. The van der Waals surface area contributed by atoms with E-state index in [1.807, 2.05) is 6.92 Å². The molecule has 0 aliphatic carbocycles. The number of hydrogen-bond donors (Lipinski definition) is 2. The van der Waals surface area contributed by atoms with Crippen molar-refractivity contribution in [3.05, 3.63) is 29.3 Å². The number of halogens is 1. The van der Waals surface area contributed by atoms with E-state index in [1.165, 1.54) is 0 Å². The van der Waals surface area contributed by atoms with Crippen LogP contribution in [0.15, 0.2) is 24.3 Å². The Balaban J connectivity index is 2.06. The van der Waals surface area contributed by atoms with Gasteiger partial charge in [-0.3, -0.25) is 9.59 Å². The summed E-state index contributed by atoms with van der Waals surface area (Å²) in [4.78, 5) is 26.1. The lowest BCUT2D eigenvalue weighted by Crippen LogP contribution is -2.43. The van der Waals surface area contributed by atoms with E-state index in [9.17, 15) is 9.59 Å². The number of rotatable bonds is 5. The van der Waals surface area contributed by atoms with E-state index < -0.39 is 5.92 Å². The highest BCUT2D eigenvalue weighted by atomic mass is 35.5. The normalized spacial score (nSPS) is 19.7. The number of benzene rings is 1. The van der Waals surface area contributed by atoms with Gasteiger partial charge in [0, 0.05) is 17.3 Å². The molecule has 6 heteroatoms. The third-order valence-corrected chi connectivity index (χ3v) is 3.94. The molecule has 1 aromatic rings. The minimum Gasteiger partial charge on any atom is -0.394 e. The molecule has 0 saturated carbocycles. The second-order valence-electron chi connectivity index (χ2n) is 5.11. The van der Waals surface area contributed by atoms with Crippen LogP contribution in [0.3, 0.4) is 0 Å². The molecule has 2 amide bonds. The van der Waals surface area contributed by atoms with Gasteiger partial charge < -0.3 is 15.3 Å². The highest BCUT2D eigenvalue weighted by molar-refractivity contribution is 6.31. The Bertz CT molecular complexity index is 531. The first-order valence-corrected chi connectivity index (χ1v) is 7.42. The van der Waals surface area contributed by atoms with Crippen molar-refractivity contribution in [1.82, 2.24) is 5.32 Å². The van der Waals surface area contributed by atoms with Crippen molar-refractivity contribution < 1.29 is 14.7 Å². The van der Waals surface area contributed by atoms with Gasteiger partial charge in [0.25, 0.3) is 0 Å². The van der Waals surface area contributed by atoms with Gasteiger partial charge in [-0.1, -0.05) is 24.6 Å². The van der Waals surface area contributed by atoms with Crippen LogP contribution in [-0.4, -0.2) is 36.1 Å². The van der Waals surface area contributed by atoms with Gasteiger partial charge >= 0.3 is 0 Å². The molecule has 114 valence electrons. The molecule has 1 heterocycles. The fourth-order valence-electron chi connectivity index (χ4n) is 2.40. The average molecular weight is 311 g/mol. The molecule has 2 N–H and O–H groups in total. The molecule has 0 aromatic heterocycles. The van der Waals surface area contributed by atoms with Crippen LogP contribution in [0.4, 0.5) is 5.69 Å². The molecule has 0 spiro atoms. The van der Waals surface area contributed by atoms with Gasteiger partial charge in [-0.05, 0) is 31.0 Å². The molecule has 1 aliphatic heterocycles. The average Bonchev–Trinajstić information content (AvgIpc) is 2.86. The van der Waals surface area contributed by atoms with Crippen molar-refractivity contribution in [3.63, 3.8) is 0 Å². The number of carbonyl (C=O) groups is 2. The van der Waals surface area contributed by atoms with Crippen LogP contribution >= 0.6 is 11.6 Å². The molecular formula is C15H19ClN2O3. The predicted molar refractivity (Wildman–Crippen MR) is 81.2 cm³/mol. The van der Waals surface area contributed by atoms with Gasteiger partial charge in [0.15, 0.2) is 0 Å². The first-order chi connectivity index (χ1) is 10.1. The van der Waals surface area contributed by atoms with E-state index in [1.54, 1.807) is 29.2 Å². The summed E-state index contributed by atoms with van der Waals surface area (Å²) in [6, 6.07) is 6.72. The summed E-state index contributed by atoms with van der Waals surface area (Å²) in [6.45, 7) is 2.24. The molecule has 21 heavy (non-hydrogen) atoms. The van der Waals surface area contributed by atoms with E-state index in [0.29, 0.717) is 30.1 Å². The molecule has 0 bridgehead atoms. The van der Waals surface area contributed by atoms with Crippen LogP contribution in [0.1, 0.15) is 19.8 Å². The Kier molecular flexibility index (Phi) is 5.20. The molecule has 5 nitrogen and oxygen atoms in total. The Morgan fingerprint density at radius 3 is 2.95 bits per heavy atom. The number of carbonyl (C=O) groups excluding carboxylic acids is 2. The number of nitrogens with one attached hydrogen (secondary N) is 1. The van der Waals surface area contributed by atoms with Gasteiger partial charge in [0.1, 0.15) is 5.92 Å². The number of aliphatic hydroxyl groups excluding tert-OH is 1. The first kappa shape index (κ1) is 15.8. The van der Waals surface area contributed by atoms with Crippen molar-refractivity contribution in [3.8, 4) is 0 Å². The summed E-state index contributed by atoms with van der Waals surface area (Å²) in [5.74, 6) is -1.22. The molecule has 1 saturated heterocycles. The van der Waals surface area contributed by atoms with Crippen LogP contribution in [-0.2, 0) is 9.59 Å². The second-order valence-corrected chi connectivity index (χ2v) is 5.54. The lowest BCUT2D eigenvalue weighted by atomic mass is 10.1. The Morgan fingerprint density at radius 2 is 2.33 bits per heavy atom. The van der Waals surface area contributed by atoms with Crippen molar-refractivity contribution in [2.75, 3.05) is 18.1 Å². The van der Waals surface area contributed by atoms with Crippen molar-refractivity contribution in [2.45, 2.75) is 25.8 Å². The number of amides is 2. The number of aliphatic hydroxyl groups is 1. The fraction of sp³-hybridized carbons (Fsp3) is 0.467. The van der Waals surface area contributed by atoms with Crippen molar-refractivity contribution >= 4 is 29.1 Å². The van der Waals surface area contributed by atoms with Crippen LogP contribution in [0, 0.1) is 5.92 Å². The van der Waals surface area contributed by atoms with Crippen LogP contribution in [0.2, 0.25) is 5.02 Å². The smallest absolute Gasteiger partial charge is 0.239 e. The summed E-state index contributed by atoms with van der Waals surface area (Å²) in [5, 5.41) is 12.4. The fourth-order valence-corrected chi connectivity index (χ4v) is 2.59. The molecule has 2 unspecified atom stereocenters. The van der Waals surface area contributed by atoms with E-state index in [-0.39, 0.29) is 24.5 Å². The summed E-state index contributed by atoms with van der Waals surface area (Å²) in [6.07, 6.45) is 1.10. The molecule has 1 aromatic carbocycles. The zero-order valence-corrected chi connectivity index (χ0v) is 12.6. The monoisotopic (exact) mass is 310 g/mol. The maximum atomic E-state index is 12.4. The zero-order valence-electron chi connectivity index (χ0n) is 11.9. The van der Waals surface area contributed by atoms with Gasteiger partial charge in [-0.25, -0.2) is 0 Å². The summed E-state index contributed by atoms with van der Waals surface area (Å²) in [7, 11) is 0. The Hall–Kier alpha value is -1.59. The summed E-state index contributed by atoms with van der Waals surface area (Å²) < 4.78 is 0. The van der Waals surface area contributed by atoms with Gasteiger partial charge in [0.2, 0.25) is 11.8 Å². The van der Waals surface area contributed by atoms with Crippen molar-refractivity contribution in [1.29, 1.82) is 0 Å². The van der Waals surface area contributed by atoms with Crippen molar-refractivity contribution in [2.24, 2.45) is 5.92 Å². The zero-order chi connectivity index (χ0) is 15.4. The molecule has 1 fully saturated rings. The lowest BCUT2D eigenvalue weighted by Gasteiger charge is -2.18. The Labute approximate surface area is 128 Å². The third kappa shape index (κ3) is 3.54. The minimum atomic E-state index is -0.690. The van der Waals surface area contributed by atoms with E-state index in [2.05, 4.69) is 5.32 Å². The molecule has 1 aliphatic rings. The molecule has 0 radical (unpaired) electrons. The number of hydrogen-bond acceptors (Lipinski definition) is 3. The molecule has 2 rings (SSSR count). The Morgan fingerprint density at radius 1 is 1.57 bits per heavy atom. The largest absolute Gasteiger partial charge is 0.394 e. The lowest BCUT2D eigenvalue weighted by molar-refractivity contribution is -0.132. The molecular weight excluding hydrogens is 292 g/mol. The minimum absolute atomic E-state index is 0.124. The van der Waals surface area contributed by atoms with E-state index >= 15 is 0 Å². The number of anilines is 1. The third-order valence-electron chi connectivity index (χ3n) is 3.70. The highest BCUT2D eigenvalue weighted by Gasteiger charge is 2.38. The first-order valence-electron chi connectivity index (χ1n) is 7.05. The van der Waals surface area contributed by atoms with E-state index in [0.717, 1.165) is 0 Å². The van der Waals surface area contributed by atoms with Crippen LogP contribution in [0.5, 0.6) is 0 Å². The summed E-state index contributed by atoms with van der Waals surface area (Å²) >= 11 is 5.93. The van der Waals surface area contributed by atoms with Crippen LogP contribution < -0.4 is 10.2 Å². The summed E-state index contributed by atoms with van der Waals surface area (Å²) in [5.41, 5.74) is 0.706. The topological polar surface area (TPSA) is 69.6 Å². The predicted octanol–water partition coefficient (Wildman–Crippen LogP) is 1.58. The van der Waals surface area contributed by atoms with Gasteiger partial charge in [0.05, 0.1) is 12.6 Å². The second kappa shape index (κ2) is 6.91. The van der Waals surface area contributed by atoms with Gasteiger partial charge in [-0.2, -0.15) is 0 Å². The SMILES string of the molecule is CCC(CO)NC(=O)C1CCN(c2cccc(Cl)c2)C1=O. The highest BCUT2D eigenvalue weighted by Crippen LogP contribution is 2.27. The maximum Gasteiger partial charge on any atom is 0.239 e.